The lowest BCUT2D eigenvalue weighted by molar-refractivity contribution is -0.274. The summed E-state index contributed by atoms with van der Waals surface area (Å²) in [5.41, 5.74) is 0.339. The highest BCUT2D eigenvalue weighted by atomic mass is 35.5. The summed E-state index contributed by atoms with van der Waals surface area (Å²) in [6.07, 6.45) is -4.82. The van der Waals surface area contributed by atoms with Crippen LogP contribution in [0.15, 0.2) is 57.9 Å². The molecule has 1 N–H and O–H groups in total. The van der Waals surface area contributed by atoms with Crippen LogP contribution in [0.2, 0.25) is 23.2 Å². The largest absolute Gasteiger partial charge is 0.573 e. The molecule has 3 aromatic rings. The van der Waals surface area contributed by atoms with Gasteiger partial charge < -0.3 is 13.7 Å². The van der Waals surface area contributed by atoms with Crippen molar-refractivity contribution < 1.29 is 35.3 Å². The maximum atomic E-state index is 13.1. The van der Waals surface area contributed by atoms with Gasteiger partial charge in [-0.15, -0.1) is 13.2 Å². The van der Waals surface area contributed by atoms with Crippen LogP contribution in [0.5, 0.6) is 5.75 Å². The van der Waals surface area contributed by atoms with Gasteiger partial charge in [-0.2, -0.15) is 9.71 Å². The Hall–Kier alpha value is -2.45. The highest BCUT2D eigenvalue weighted by Crippen LogP contribution is 2.37. The molecule has 1 unspecified atom stereocenters. The van der Waals surface area contributed by atoms with E-state index in [0.29, 0.717) is 5.56 Å². The first-order valence-corrected chi connectivity index (χ1v) is 15.9. The van der Waals surface area contributed by atoms with Crippen molar-refractivity contribution in [2.24, 2.45) is 0 Å². The summed E-state index contributed by atoms with van der Waals surface area (Å²) in [4.78, 5) is 4.23. The third-order valence-electron chi connectivity index (χ3n) is 5.91. The van der Waals surface area contributed by atoms with E-state index in [1.807, 2.05) is 33.9 Å². The lowest BCUT2D eigenvalue weighted by Gasteiger charge is -2.37. The second-order valence-electron chi connectivity index (χ2n) is 9.73. The summed E-state index contributed by atoms with van der Waals surface area (Å²) in [5, 5.41) is 3.97. The Balaban J connectivity index is 1.90. The fraction of sp³-hybridized carbons (Fsp3) is 0.391. The van der Waals surface area contributed by atoms with Crippen molar-refractivity contribution in [3.05, 3.63) is 59.4 Å². The molecule has 0 aliphatic rings. The number of alkyl halides is 3. The quantitative estimate of drug-likeness (QED) is 0.296. The van der Waals surface area contributed by atoms with Gasteiger partial charge in [0.05, 0.1) is 11.5 Å². The van der Waals surface area contributed by atoms with Crippen LogP contribution >= 0.6 is 11.6 Å². The molecule has 0 saturated heterocycles. The number of sulfonamides is 1. The van der Waals surface area contributed by atoms with Crippen molar-refractivity contribution in [2.45, 2.75) is 56.2 Å². The zero-order valence-electron chi connectivity index (χ0n) is 20.8. The summed E-state index contributed by atoms with van der Waals surface area (Å²) in [7, 11) is -6.36. The van der Waals surface area contributed by atoms with E-state index in [0.717, 1.165) is 12.1 Å². The van der Waals surface area contributed by atoms with E-state index in [2.05, 4.69) is 19.6 Å². The van der Waals surface area contributed by atoms with Crippen molar-refractivity contribution in [1.82, 2.24) is 14.9 Å². The van der Waals surface area contributed by atoms with Crippen molar-refractivity contribution in [1.29, 1.82) is 0 Å². The number of hydrogen-bond acceptors (Lipinski definition) is 7. The van der Waals surface area contributed by atoms with Crippen LogP contribution in [0, 0.1) is 0 Å². The Morgan fingerprint density at radius 1 is 1.11 bits per heavy atom. The second kappa shape index (κ2) is 10.7. The maximum Gasteiger partial charge on any atom is 0.573 e. The lowest BCUT2D eigenvalue weighted by atomic mass is 10.2. The van der Waals surface area contributed by atoms with Crippen LogP contribution in [0.4, 0.5) is 13.2 Å². The van der Waals surface area contributed by atoms with E-state index in [1.54, 1.807) is 6.07 Å². The van der Waals surface area contributed by atoms with Crippen molar-refractivity contribution >= 4 is 29.9 Å². The SMILES string of the molecule is CC(C)(C)[Si](C)(C)OCC(NS(=O)(=O)c1cccc(Cl)c1)c1nc(-c2ccc(OC(F)(F)F)cc2)no1. The molecule has 1 aromatic heterocycles. The first kappa shape index (κ1) is 29.1. The number of ether oxygens (including phenoxy) is 1. The Morgan fingerprint density at radius 3 is 2.32 bits per heavy atom. The van der Waals surface area contributed by atoms with Crippen molar-refractivity contribution in [2.75, 3.05) is 6.61 Å². The summed E-state index contributed by atoms with van der Waals surface area (Å²) in [6, 6.07) is 9.58. The molecule has 0 aliphatic heterocycles. The second-order valence-corrected chi connectivity index (χ2v) is 16.7. The zero-order valence-corrected chi connectivity index (χ0v) is 23.3. The number of aromatic nitrogens is 2. The minimum absolute atomic E-state index is 0.0489. The van der Waals surface area contributed by atoms with E-state index in [9.17, 15) is 21.6 Å². The molecule has 0 amide bonds. The summed E-state index contributed by atoms with van der Waals surface area (Å²) in [5.74, 6) is -0.433. The van der Waals surface area contributed by atoms with Crippen LogP contribution in [-0.2, 0) is 14.4 Å². The fourth-order valence-electron chi connectivity index (χ4n) is 2.85. The van der Waals surface area contributed by atoms with Gasteiger partial charge in [-0.05, 0) is 60.6 Å². The average Bonchev–Trinajstić information content (AvgIpc) is 3.25. The van der Waals surface area contributed by atoms with Gasteiger partial charge in [-0.3, -0.25) is 0 Å². The van der Waals surface area contributed by atoms with Crippen molar-refractivity contribution in [3.8, 4) is 17.1 Å². The highest BCUT2D eigenvalue weighted by Gasteiger charge is 2.39. The van der Waals surface area contributed by atoms with Crippen LogP contribution in [0.25, 0.3) is 11.4 Å². The monoisotopic (exact) mass is 577 g/mol. The fourth-order valence-corrected chi connectivity index (χ4v) is 5.34. The van der Waals surface area contributed by atoms with Gasteiger partial charge in [0.1, 0.15) is 11.8 Å². The van der Waals surface area contributed by atoms with Crippen LogP contribution in [-0.4, -0.2) is 39.8 Å². The van der Waals surface area contributed by atoms with Gasteiger partial charge >= 0.3 is 6.36 Å². The zero-order chi connectivity index (χ0) is 27.6. The third-order valence-corrected chi connectivity index (χ3v) is 12.1. The lowest BCUT2D eigenvalue weighted by Crippen LogP contribution is -2.43. The molecule has 0 spiro atoms. The first-order valence-electron chi connectivity index (χ1n) is 11.1. The summed E-state index contributed by atoms with van der Waals surface area (Å²) in [6.45, 7) is 10.1. The number of hydrogen-bond donors (Lipinski definition) is 1. The Kier molecular flexibility index (Phi) is 8.44. The Bertz CT molecular complexity index is 1330. The van der Waals surface area contributed by atoms with Gasteiger partial charge in [0.25, 0.3) is 0 Å². The molecule has 0 radical (unpaired) electrons. The molecule has 1 atom stereocenters. The predicted molar refractivity (Wildman–Crippen MR) is 134 cm³/mol. The van der Waals surface area contributed by atoms with E-state index in [1.165, 1.54) is 30.3 Å². The average molecular weight is 578 g/mol. The van der Waals surface area contributed by atoms with Gasteiger partial charge in [0, 0.05) is 10.6 Å². The van der Waals surface area contributed by atoms with Crippen LogP contribution in [0.1, 0.15) is 32.7 Å². The number of rotatable bonds is 9. The number of nitrogens with zero attached hydrogens (tertiary/aromatic N) is 2. The summed E-state index contributed by atoms with van der Waals surface area (Å²) >= 11 is 5.97. The molecule has 3 rings (SSSR count). The maximum absolute atomic E-state index is 13.1. The Morgan fingerprint density at radius 2 is 1.76 bits per heavy atom. The molecule has 37 heavy (non-hydrogen) atoms. The smallest absolute Gasteiger partial charge is 0.415 e. The molecule has 0 bridgehead atoms. The van der Waals surface area contributed by atoms with Gasteiger partial charge in [0.2, 0.25) is 21.7 Å². The molecule has 202 valence electrons. The number of benzene rings is 2. The van der Waals surface area contributed by atoms with E-state index < -0.39 is 36.5 Å². The highest BCUT2D eigenvalue weighted by molar-refractivity contribution is 7.89. The van der Waals surface area contributed by atoms with Crippen molar-refractivity contribution in [3.63, 3.8) is 0 Å². The summed E-state index contributed by atoms with van der Waals surface area (Å²) < 4.78 is 81.5. The first-order chi connectivity index (χ1) is 17.0. The number of halogens is 4. The molecule has 0 saturated carbocycles. The molecular weight excluding hydrogens is 551 g/mol. The van der Waals surface area contributed by atoms with E-state index >= 15 is 0 Å². The standard InChI is InChI=1S/C23H27ClF3N3O5SSi/c1-22(2,3)37(4,5)33-14-19(30-36(31,32)18-8-6-7-16(24)13-18)21-28-20(29-35-21)15-9-11-17(12-10-15)34-23(25,26)27/h6-13,19,30H,14H2,1-5H3. The van der Waals surface area contributed by atoms with Crippen LogP contribution < -0.4 is 9.46 Å². The minimum atomic E-state index is -4.82. The molecule has 1 heterocycles. The van der Waals surface area contributed by atoms with Crippen LogP contribution in [0.3, 0.4) is 0 Å². The number of nitrogens with one attached hydrogen (secondary N) is 1. The molecule has 0 aliphatic carbocycles. The van der Waals surface area contributed by atoms with Gasteiger partial charge in [0.15, 0.2) is 8.32 Å². The normalized spacial score (nSPS) is 14.0. The molecule has 14 heteroatoms. The Labute approximate surface area is 219 Å². The van der Waals surface area contributed by atoms with E-state index in [4.69, 9.17) is 20.6 Å². The molecular formula is C23H27ClF3N3O5SSi. The molecule has 2 aromatic carbocycles. The topological polar surface area (TPSA) is 104 Å². The van der Waals surface area contributed by atoms with Gasteiger partial charge in [-0.1, -0.05) is 43.6 Å². The molecule has 0 fully saturated rings. The predicted octanol–water partition coefficient (Wildman–Crippen LogP) is 6.33. The van der Waals surface area contributed by atoms with E-state index in [-0.39, 0.29) is 33.3 Å². The third kappa shape index (κ3) is 7.77. The van der Waals surface area contributed by atoms with Gasteiger partial charge in [-0.25, -0.2) is 8.42 Å². The minimum Gasteiger partial charge on any atom is -0.415 e. The molecule has 8 nitrogen and oxygen atoms in total.